The smallest absolute Gasteiger partial charge is 0.233 e. The molecule has 0 saturated heterocycles. The average molecular weight is 214 g/mol. The lowest BCUT2D eigenvalue weighted by Gasteiger charge is -2.00. The van der Waals surface area contributed by atoms with Crippen molar-refractivity contribution in [1.29, 1.82) is 5.41 Å². The van der Waals surface area contributed by atoms with Crippen LogP contribution in [0.15, 0.2) is 23.3 Å². The van der Waals surface area contributed by atoms with Crippen molar-refractivity contribution in [2.45, 2.75) is 0 Å². The highest BCUT2D eigenvalue weighted by molar-refractivity contribution is 5.82. The van der Waals surface area contributed by atoms with Gasteiger partial charge in [-0.15, -0.1) is 0 Å². The molecule has 0 atom stereocenters. The Morgan fingerprint density at radius 3 is 2.53 bits per heavy atom. The predicted molar refractivity (Wildman–Crippen MR) is 49.7 cm³/mol. The van der Waals surface area contributed by atoms with Crippen molar-refractivity contribution in [1.82, 2.24) is 10.9 Å². The summed E-state index contributed by atoms with van der Waals surface area (Å²) in [6.07, 6.45) is 0.872. The number of hydrazone groups is 1. The molecule has 0 heterocycles. The van der Waals surface area contributed by atoms with E-state index >= 15 is 0 Å². The van der Waals surface area contributed by atoms with Crippen LogP contribution in [0.2, 0.25) is 0 Å². The van der Waals surface area contributed by atoms with E-state index in [2.05, 4.69) is 5.10 Å². The van der Waals surface area contributed by atoms with Crippen molar-refractivity contribution < 1.29 is 14.0 Å². The number of hydroxylamine groups is 1. The topological polar surface area (TPSA) is 80.5 Å². The number of nitrogens with zero attached hydrogens (tertiary/aromatic N) is 1. The molecule has 1 aromatic carbocycles. The highest BCUT2D eigenvalue weighted by Gasteiger charge is 2.04. The number of halogens is 2. The summed E-state index contributed by atoms with van der Waals surface area (Å²) in [4.78, 5) is 0. The van der Waals surface area contributed by atoms with Gasteiger partial charge in [0.2, 0.25) is 5.96 Å². The first-order chi connectivity index (χ1) is 7.15. The highest BCUT2D eigenvalue weighted by Crippen LogP contribution is 2.08. The molecule has 0 aromatic heterocycles. The van der Waals surface area contributed by atoms with Crippen LogP contribution in [-0.2, 0) is 0 Å². The third-order valence-corrected chi connectivity index (χ3v) is 1.48. The van der Waals surface area contributed by atoms with E-state index in [1.165, 1.54) is 11.5 Å². The first-order valence-corrected chi connectivity index (χ1v) is 3.87. The fourth-order valence-electron chi connectivity index (χ4n) is 0.820. The molecule has 0 aliphatic rings. The van der Waals surface area contributed by atoms with E-state index in [9.17, 15) is 8.78 Å². The lowest BCUT2D eigenvalue weighted by Crippen LogP contribution is -2.30. The second kappa shape index (κ2) is 5.01. The lowest BCUT2D eigenvalue weighted by molar-refractivity contribution is 0.228. The van der Waals surface area contributed by atoms with E-state index in [1.807, 2.05) is 5.43 Å². The quantitative estimate of drug-likeness (QED) is 0.334. The molecule has 0 bridgehead atoms. The van der Waals surface area contributed by atoms with Gasteiger partial charge in [0.15, 0.2) is 0 Å². The Hall–Kier alpha value is -2.02. The molecule has 0 unspecified atom stereocenters. The van der Waals surface area contributed by atoms with Crippen LogP contribution in [0.25, 0.3) is 0 Å². The van der Waals surface area contributed by atoms with Gasteiger partial charge in [0.05, 0.1) is 11.8 Å². The van der Waals surface area contributed by atoms with Gasteiger partial charge in [0.1, 0.15) is 11.6 Å². The first-order valence-electron chi connectivity index (χ1n) is 3.87. The summed E-state index contributed by atoms with van der Waals surface area (Å²) in [5.41, 5.74) is 3.12. The summed E-state index contributed by atoms with van der Waals surface area (Å²) in [7, 11) is 0. The summed E-state index contributed by atoms with van der Waals surface area (Å²) in [5, 5.41) is 18.4. The Kier molecular flexibility index (Phi) is 3.69. The van der Waals surface area contributed by atoms with E-state index in [4.69, 9.17) is 10.6 Å². The molecule has 0 radical (unpaired) electrons. The predicted octanol–water partition coefficient (Wildman–Crippen LogP) is 0.802. The van der Waals surface area contributed by atoms with Gasteiger partial charge in [0, 0.05) is 0 Å². The van der Waals surface area contributed by atoms with Crippen molar-refractivity contribution in [3.63, 3.8) is 0 Å². The van der Waals surface area contributed by atoms with E-state index in [0.29, 0.717) is 0 Å². The molecule has 0 saturated carbocycles. The van der Waals surface area contributed by atoms with Crippen molar-refractivity contribution in [3.8, 4) is 0 Å². The van der Waals surface area contributed by atoms with Crippen molar-refractivity contribution in [3.05, 3.63) is 35.4 Å². The minimum atomic E-state index is -0.760. The second-order valence-electron chi connectivity index (χ2n) is 2.49. The Morgan fingerprint density at radius 2 is 2.00 bits per heavy atom. The first kappa shape index (κ1) is 11.1. The maximum Gasteiger partial charge on any atom is 0.233 e. The molecule has 1 aromatic rings. The van der Waals surface area contributed by atoms with E-state index in [1.54, 1.807) is 0 Å². The van der Waals surface area contributed by atoms with E-state index in [0.717, 1.165) is 18.3 Å². The zero-order valence-electron chi connectivity index (χ0n) is 7.46. The molecule has 5 nitrogen and oxygen atoms in total. The Balaban J connectivity index is 2.76. The number of hydrogen-bond donors (Lipinski definition) is 4. The normalized spacial score (nSPS) is 10.3. The fourth-order valence-corrected chi connectivity index (χ4v) is 0.820. The summed E-state index contributed by atoms with van der Waals surface area (Å²) in [5.74, 6) is -2.03. The molecule has 0 fully saturated rings. The summed E-state index contributed by atoms with van der Waals surface area (Å²) in [6, 6.07) is 3.40. The van der Waals surface area contributed by atoms with E-state index < -0.39 is 17.6 Å². The number of rotatable bonds is 2. The fraction of sp³-hybridized carbons (Fsp3) is 0. The minimum absolute atomic E-state index is 0.323. The van der Waals surface area contributed by atoms with Crippen LogP contribution >= 0.6 is 0 Å². The Labute approximate surface area is 83.9 Å². The Bertz CT molecular complexity index is 374. The van der Waals surface area contributed by atoms with Crippen molar-refractivity contribution in [2.75, 3.05) is 0 Å². The highest BCUT2D eigenvalue weighted by atomic mass is 19.1. The monoisotopic (exact) mass is 214 g/mol. The van der Waals surface area contributed by atoms with Crippen LogP contribution in [0, 0.1) is 17.0 Å². The standard InChI is InChI=1S/C8H8F2N4O/c9-6-2-1-3-7(10)5(6)4-12-13-8(11)14-15/h1-4,15H,(H3,11,13,14). The van der Waals surface area contributed by atoms with Gasteiger partial charge in [-0.3, -0.25) is 10.6 Å². The van der Waals surface area contributed by atoms with Crippen LogP contribution in [0.3, 0.4) is 0 Å². The maximum absolute atomic E-state index is 13.0. The number of guanidine groups is 1. The second-order valence-corrected chi connectivity index (χ2v) is 2.49. The molecule has 15 heavy (non-hydrogen) atoms. The van der Waals surface area contributed by atoms with E-state index in [-0.39, 0.29) is 5.56 Å². The molecule has 0 aliphatic carbocycles. The zero-order valence-corrected chi connectivity index (χ0v) is 7.46. The lowest BCUT2D eigenvalue weighted by atomic mass is 10.2. The summed E-state index contributed by atoms with van der Waals surface area (Å²) < 4.78 is 26.0. The largest absolute Gasteiger partial charge is 0.288 e. The van der Waals surface area contributed by atoms with Gasteiger partial charge in [-0.05, 0) is 12.1 Å². The van der Waals surface area contributed by atoms with Crippen molar-refractivity contribution in [2.24, 2.45) is 5.10 Å². The molecular formula is C8H8F2N4O. The van der Waals surface area contributed by atoms with Crippen LogP contribution in [0.4, 0.5) is 8.78 Å². The number of hydrogen-bond acceptors (Lipinski definition) is 3. The van der Waals surface area contributed by atoms with Gasteiger partial charge in [-0.2, -0.15) is 5.10 Å². The van der Waals surface area contributed by atoms with Gasteiger partial charge in [-0.25, -0.2) is 19.7 Å². The average Bonchev–Trinajstić information content (AvgIpc) is 2.22. The third-order valence-electron chi connectivity index (χ3n) is 1.48. The van der Waals surface area contributed by atoms with Crippen LogP contribution in [-0.4, -0.2) is 17.4 Å². The van der Waals surface area contributed by atoms with Gasteiger partial charge in [0.25, 0.3) is 0 Å². The number of benzene rings is 1. The third kappa shape index (κ3) is 2.99. The number of nitrogens with one attached hydrogen (secondary N) is 3. The molecule has 0 aliphatic heterocycles. The molecule has 0 amide bonds. The molecule has 4 N–H and O–H groups in total. The van der Waals surface area contributed by atoms with Gasteiger partial charge >= 0.3 is 0 Å². The molecule has 1 rings (SSSR count). The molecule has 0 spiro atoms. The van der Waals surface area contributed by atoms with Crippen molar-refractivity contribution >= 4 is 12.2 Å². The van der Waals surface area contributed by atoms with Gasteiger partial charge in [-0.1, -0.05) is 6.07 Å². The summed E-state index contributed by atoms with van der Waals surface area (Å²) in [6.45, 7) is 0. The summed E-state index contributed by atoms with van der Waals surface area (Å²) >= 11 is 0. The van der Waals surface area contributed by atoms with Gasteiger partial charge < -0.3 is 0 Å². The maximum atomic E-state index is 13.0. The van der Waals surface area contributed by atoms with Crippen LogP contribution in [0.5, 0.6) is 0 Å². The zero-order chi connectivity index (χ0) is 11.3. The SMILES string of the molecule is N=C(NO)NN=Cc1c(F)cccc1F. The van der Waals surface area contributed by atoms with Crippen LogP contribution in [0.1, 0.15) is 5.56 Å². The molecular weight excluding hydrogens is 206 g/mol. The molecule has 7 heteroatoms. The molecule has 80 valence electrons. The minimum Gasteiger partial charge on any atom is -0.288 e. The Morgan fingerprint density at radius 1 is 1.40 bits per heavy atom. The van der Waals surface area contributed by atoms with Crippen LogP contribution < -0.4 is 10.9 Å².